The van der Waals surface area contributed by atoms with Crippen LogP contribution in [0.1, 0.15) is 78.9 Å². The lowest BCUT2D eigenvalue weighted by molar-refractivity contribution is -0.118. The van der Waals surface area contributed by atoms with Crippen LogP contribution in [0.4, 0.5) is 20.3 Å². The fourth-order valence-electron chi connectivity index (χ4n) is 6.95. The molecule has 2 N–H and O–H groups in total. The van der Waals surface area contributed by atoms with E-state index in [9.17, 15) is 13.6 Å². The summed E-state index contributed by atoms with van der Waals surface area (Å²) in [6.07, 6.45) is 9.62. The number of piperidine rings is 1. The average Bonchev–Trinajstić information content (AvgIpc) is 3.33. The van der Waals surface area contributed by atoms with Gasteiger partial charge in [-0.3, -0.25) is 14.5 Å². The van der Waals surface area contributed by atoms with E-state index in [2.05, 4.69) is 19.5 Å². The lowest BCUT2D eigenvalue weighted by atomic mass is 9.89. The molecule has 8 nitrogen and oxygen atoms in total. The summed E-state index contributed by atoms with van der Waals surface area (Å²) in [7, 11) is 1.60. The largest absolute Gasteiger partial charge is 0.404 e. The molecule has 0 radical (unpaired) electrons. The van der Waals surface area contributed by atoms with Crippen LogP contribution in [-0.4, -0.2) is 71.5 Å². The number of nitrogens with two attached hydrogens (primary N) is 1. The van der Waals surface area contributed by atoms with Gasteiger partial charge in [-0.2, -0.15) is 5.10 Å². The molecule has 0 atom stereocenters. The Balaban J connectivity index is 1.39. The Hall–Kier alpha value is -3.27. The molecule has 1 saturated carbocycles. The van der Waals surface area contributed by atoms with Gasteiger partial charge in [0, 0.05) is 86.2 Å². The molecule has 2 fully saturated rings. The van der Waals surface area contributed by atoms with Crippen LogP contribution in [0.25, 0.3) is 5.57 Å². The van der Waals surface area contributed by atoms with Crippen molar-refractivity contribution in [1.29, 1.82) is 0 Å². The minimum atomic E-state index is -2.66. The second-order valence-electron chi connectivity index (χ2n) is 11.5. The molecular weight excluding hydrogens is 512 g/mol. The third-order valence-corrected chi connectivity index (χ3v) is 9.30. The SMILES string of the molecule is CN=C/C(=C\N)c1cc2c(cc1C(F)F)N(c1nn(C3CCN(C4CCC4)CC3)c3c1CN(C=O)CC3)CCC2. The van der Waals surface area contributed by atoms with E-state index in [1.165, 1.54) is 37.4 Å². The van der Waals surface area contributed by atoms with Crippen LogP contribution in [0, 0.1) is 0 Å². The maximum atomic E-state index is 14.4. The van der Waals surface area contributed by atoms with Crippen molar-refractivity contribution >= 4 is 29.7 Å². The number of aromatic nitrogens is 2. The fourth-order valence-corrected chi connectivity index (χ4v) is 6.95. The van der Waals surface area contributed by atoms with Crippen molar-refractivity contribution in [1.82, 2.24) is 19.6 Å². The molecule has 1 aliphatic carbocycles. The fraction of sp³-hybridized carbons (Fsp3) is 0.567. The maximum Gasteiger partial charge on any atom is 0.264 e. The molecule has 1 aromatic heterocycles. The summed E-state index contributed by atoms with van der Waals surface area (Å²) < 4.78 is 31.0. The van der Waals surface area contributed by atoms with Crippen LogP contribution in [0.15, 0.2) is 23.3 Å². The number of anilines is 2. The van der Waals surface area contributed by atoms with Crippen LogP contribution in [-0.2, 0) is 24.2 Å². The van der Waals surface area contributed by atoms with Gasteiger partial charge in [-0.1, -0.05) is 6.42 Å². The van der Waals surface area contributed by atoms with E-state index in [4.69, 9.17) is 10.8 Å². The number of likely N-dealkylation sites (tertiary alicyclic amines) is 1. The first kappa shape index (κ1) is 26.9. The summed E-state index contributed by atoms with van der Waals surface area (Å²) in [5.74, 6) is 0.807. The van der Waals surface area contributed by atoms with E-state index in [0.717, 1.165) is 80.3 Å². The molecule has 6 rings (SSSR count). The molecule has 0 unspecified atom stereocenters. The molecule has 1 amide bonds. The van der Waals surface area contributed by atoms with Crippen molar-refractivity contribution in [2.24, 2.45) is 10.7 Å². The summed E-state index contributed by atoms with van der Waals surface area (Å²) in [5.41, 5.74) is 10.7. The summed E-state index contributed by atoms with van der Waals surface area (Å²) in [4.78, 5) is 22.3. The van der Waals surface area contributed by atoms with Gasteiger partial charge in [-0.25, -0.2) is 8.78 Å². The number of aryl methyl sites for hydroxylation is 1. The predicted octanol–water partition coefficient (Wildman–Crippen LogP) is 4.61. The topological polar surface area (TPSA) is 83.0 Å². The lowest BCUT2D eigenvalue weighted by Crippen LogP contribution is -2.45. The molecule has 4 heterocycles. The van der Waals surface area contributed by atoms with E-state index in [1.54, 1.807) is 18.0 Å². The van der Waals surface area contributed by atoms with Crippen molar-refractivity contribution in [3.63, 3.8) is 0 Å². The molecular formula is C30H39F2N7O. The van der Waals surface area contributed by atoms with Gasteiger partial charge in [0.2, 0.25) is 6.41 Å². The number of allylic oxidation sites excluding steroid dienone is 1. The monoisotopic (exact) mass is 551 g/mol. The minimum Gasteiger partial charge on any atom is -0.404 e. The molecule has 0 spiro atoms. The number of amides is 1. The number of fused-ring (bicyclic) bond motifs is 2. The summed E-state index contributed by atoms with van der Waals surface area (Å²) >= 11 is 0. The Morgan fingerprint density at radius 3 is 2.52 bits per heavy atom. The zero-order chi connectivity index (χ0) is 27.8. The third-order valence-electron chi connectivity index (χ3n) is 9.30. The second kappa shape index (κ2) is 11.3. The molecule has 0 bridgehead atoms. The number of benzene rings is 1. The Morgan fingerprint density at radius 2 is 1.88 bits per heavy atom. The number of alkyl halides is 2. The number of hydrogen-bond donors (Lipinski definition) is 1. The van der Waals surface area contributed by atoms with Gasteiger partial charge in [0.15, 0.2) is 5.82 Å². The highest BCUT2D eigenvalue weighted by Crippen LogP contribution is 2.43. The average molecular weight is 552 g/mol. The maximum absolute atomic E-state index is 14.4. The second-order valence-corrected chi connectivity index (χ2v) is 11.5. The third kappa shape index (κ3) is 4.80. The van der Waals surface area contributed by atoms with Gasteiger partial charge in [0.25, 0.3) is 6.43 Å². The predicted molar refractivity (Wildman–Crippen MR) is 153 cm³/mol. The molecule has 1 aromatic carbocycles. The number of carbonyl (C=O) groups is 1. The standard InChI is InChI=1S/C30H39F2N7O/c1-34-17-21(16-33)24-14-20-4-3-10-38(28(20)15-25(24)29(31)32)30-26-18-36(19-40)11-9-27(26)39(35-30)23-7-12-37(13-8-23)22-5-2-6-22/h14-17,19,22-23,29H,2-13,18,33H2,1H3/b21-16+,34-17?. The number of carbonyl (C=O) groups excluding carboxylic acids is 1. The quantitative estimate of drug-likeness (QED) is 0.402. The molecule has 2 aromatic rings. The molecule has 3 aliphatic heterocycles. The van der Waals surface area contributed by atoms with Crippen molar-refractivity contribution in [2.45, 2.75) is 76.4 Å². The molecule has 4 aliphatic rings. The number of hydrogen-bond acceptors (Lipinski definition) is 6. The molecule has 1 saturated heterocycles. The van der Waals surface area contributed by atoms with Crippen LogP contribution < -0.4 is 10.6 Å². The Kier molecular flexibility index (Phi) is 7.61. The number of aliphatic imine (C=N–C) groups is 1. The number of rotatable bonds is 7. The normalized spacial score (nSPS) is 21.1. The van der Waals surface area contributed by atoms with Gasteiger partial charge in [-0.05, 0) is 61.8 Å². The van der Waals surface area contributed by atoms with E-state index >= 15 is 0 Å². The van der Waals surface area contributed by atoms with Crippen LogP contribution in [0.2, 0.25) is 0 Å². The van der Waals surface area contributed by atoms with Gasteiger partial charge in [-0.15, -0.1) is 0 Å². The lowest BCUT2D eigenvalue weighted by Gasteiger charge is -2.42. The Morgan fingerprint density at radius 1 is 1.07 bits per heavy atom. The first-order valence-electron chi connectivity index (χ1n) is 14.6. The Bertz CT molecular complexity index is 1310. The number of nitrogens with zero attached hydrogens (tertiary/aromatic N) is 6. The first-order valence-corrected chi connectivity index (χ1v) is 14.6. The van der Waals surface area contributed by atoms with Crippen molar-refractivity contribution in [3.8, 4) is 0 Å². The van der Waals surface area contributed by atoms with E-state index in [-0.39, 0.29) is 5.56 Å². The molecule has 10 heteroatoms. The van der Waals surface area contributed by atoms with Gasteiger partial charge >= 0.3 is 0 Å². The first-order chi connectivity index (χ1) is 19.5. The number of halogens is 2. The van der Waals surface area contributed by atoms with Gasteiger partial charge in [0.05, 0.1) is 12.6 Å². The molecule has 214 valence electrons. The van der Waals surface area contributed by atoms with Gasteiger partial charge < -0.3 is 20.4 Å². The van der Waals surface area contributed by atoms with Crippen LogP contribution in [0.5, 0.6) is 0 Å². The smallest absolute Gasteiger partial charge is 0.264 e. The van der Waals surface area contributed by atoms with E-state index in [0.29, 0.717) is 36.8 Å². The minimum absolute atomic E-state index is 0.0616. The van der Waals surface area contributed by atoms with Gasteiger partial charge in [0.1, 0.15) is 0 Å². The summed E-state index contributed by atoms with van der Waals surface area (Å²) in [5, 5.41) is 5.23. The zero-order valence-corrected chi connectivity index (χ0v) is 23.2. The summed E-state index contributed by atoms with van der Waals surface area (Å²) in [6, 6.07) is 4.53. The molecule has 40 heavy (non-hydrogen) atoms. The van der Waals surface area contributed by atoms with E-state index < -0.39 is 6.43 Å². The van der Waals surface area contributed by atoms with Crippen LogP contribution >= 0.6 is 0 Å². The van der Waals surface area contributed by atoms with Crippen molar-refractivity contribution in [3.05, 3.63) is 46.3 Å². The highest BCUT2D eigenvalue weighted by Gasteiger charge is 2.35. The highest BCUT2D eigenvalue weighted by molar-refractivity contribution is 6.10. The highest BCUT2D eigenvalue weighted by atomic mass is 19.3. The van der Waals surface area contributed by atoms with Crippen molar-refractivity contribution in [2.75, 3.05) is 38.1 Å². The van der Waals surface area contributed by atoms with Crippen molar-refractivity contribution < 1.29 is 13.6 Å². The summed E-state index contributed by atoms with van der Waals surface area (Å²) in [6.45, 7) is 4.03. The van der Waals surface area contributed by atoms with Crippen LogP contribution in [0.3, 0.4) is 0 Å². The zero-order valence-electron chi connectivity index (χ0n) is 23.2. The van der Waals surface area contributed by atoms with E-state index in [1.807, 2.05) is 6.07 Å². The Labute approximate surface area is 234 Å².